The average Bonchev–Trinajstić information content (AvgIpc) is 2.22. The van der Waals surface area contributed by atoms with Crippen molar-refractivity contribution in [3.05, 3.63) is 27.7 Å². The molecule has 1 aromatic carbocycles. The lowest BCUT2D eigenvalue weighted by molar-refractivity contribution is 0.588. The van der Waals surface area contributed by atoms with Crippen LogP contribution in [0.1, 0.15) is 13.8 Å². The molecule has 0 heterocycles. The van der Waals surface area contributed by atoms with Crippen LogP contribution in [0.25, 0.3) is 0 Å². The number of nitrogens with one attached hydrogen (secondary N) is 1. The zero-order valence-corrected chi connectivity index (χ0v) is 12.9. The minimum absolute atomic E-state index is 0.105. The monoisotopic (exact) mass is 339 g/mol. The molecule has 6 heteroatoms. The highest BCUT2D eigenvalue weighted by atomic mass is 79.9. The largest absolute Gasteiger partial charge is 0.383 e. The Bertz CT molecular complexity index is 488. The standard InChI is InChI=1S/C11H15BrClNO2S/c1-8(2)17(15,16)6-5-14-11-7-9(12)3-4-10(11)13/h3-4,7-8,14H,5-6H2,1-2H3. The maximum absolute atomic E-state index is 11.6. The number of benzene rings is 1. The van der Waals surface area contributed by atoms with Crippen LogP contribution in [-0.2, 0) is 9.84 Å². The molecule has 0 amide bonds. The van der Waals surface area contributed by atoms with Gasteiger partial charge in [-0.1, -0.05) is 27.5 Å². The molecule has 0 aromatic heterocycles. The van der Waals surface area contributed by atoms with Crippen molar-refractivity contribution in [1.29, 1.82) is 0 Å². The lowest BCUT2D eigenvalue weighted by Crippen LogP contribution is -2.23. The van der Waals surface area contributed by atoms with E-state index in [1.807, 2.05) is 12.1 Å². The predicted molar refractivity (Wildman–Crippen MR) is 76.6 cm³/mol. The summed E-state index contributed by atoms with van der Waals surface area (Å²) in [5.74, 6) is 0.105. The Morgan fingerprint density at radius 1 is 1.41 bits per heavy atom. The molecule has 0 saturated heterocycles. The second kappa shape index (κ2) is 6.07. The third kappa shape index (κ3) is 4.48. The Balaban J connectivity index is 2.60. The van der Waals surface area contributed by atoms with Crippen LogP contribution in [0.15, 0.2) is 22.7 Å². The fourth-order valence-electron chi connectivity index (χ4n) is 1.20. The van der Waals surface area contributed by atoms with Crippen molar-refractivity contribution in [2.45, 2.75) is 19.1 Å². The van der Waals surface area contributed by atoms with E-state index in [9.17, 15) is 8.42 Å². The van der Waals surface area contributed by atoms with Crippen LogP contribution in [0.5, 0.6) is 0 Å². The van der Waals surface area contributed by atoms with Crippen LogP contribution in [0.4, 0.5) is 5.69 Å². The molecule has 1 N–H and O–H groups in total. The van der Waals surface area contributed by atoms with Gasteiger partial charge in [-0.2, -0.15) is 0 Å². The van der Waals surface area contributed by atoms with Crippen molar-refractivity contribution in [3.63, 3.8) is 0 Å². The van der Waals surface area contributed by atoms with Crippen molar-refractivity contribution >= 4 is 43.1 Å². The van der Waals surface area contributed by atoms with Gasteiger partial charge in [0.05, 0.1) is 21.7 Å². The van der Waals surface area contributed by atoms with Crippen molar-refractivity contribution in [2.24, 2.45) is 0 Å². The molecule has 0 bridgehead atoms. The fourth-order valence-corrected chi connectivity index (χ4v) is 2.60. The van der Waals surface area contributed by atoms with Crippen LogP contribution in [0, 0.1) is 0 Å². The van der Waals surface area contributed by atoms with Crippen molar-refractivity contribution < 1.29 is 8.42 Å². The van der Waals surface area contributed by atoms with Crippen LogP contribution in [0.2, 0.25) is 5.02 Å². The average molecular weight is 341 g/mol. The first-order valence-corrected chi connectivity index (χ1v) is 8.12. The van der Waals surface area contributed by atoms with Crippen LogP contribution in [0.3, 0.4) is 0 Å². The Kier molecular flexibility index (Phi) is 5.28. The second-order valence-electron chi connectivity index (χ2n) is 3.97. The number of halogens is 2. The van der Waals surface area contributed by atoms with Crippen molar-refractivity contribution in [1.82, 2.24) is 0 Å². The van der Waals surface area contributed by atoms with Crippen LogP contribution >= 0.6 is 27.5 Å². The summed E-state index contributed by atoms with van der Waals surface area (Å²) >= 11 is 9.31. The summed E-state index contributed by atoms with van der Waals surface area (Å²) in [5.41, 5.74) is 0.736. The molecular weight excluding hydrogens is 326 g/mol. The second-order valence-corrected chi connectivity index (χ2v) is 7.97. The van der Waals surface area contributed by atoms with Gasteiger partial charge in [0.15, 0.2) is 9.84 Å². The Labute approximate surface area is 116 Å². The number of rotatable bonds is 5. The highest BCUT2D eigenvalue weighted by Crippen LogP contribution is 2.25. The van der Waals surface area contributed by atoms with Gasteiger partial charge in [0.1, 0.15) is 0 Å². The van der Waals surface area contributed by atoms with Crippen molar-refractivity contribution in [3.8, 4) is 0 Å². The normalized spacial score (nSPS) is 11.8. The zero-order valence-electron chi connectivity index (χ0n) is 9.70. The highest BCUT2D eigenvalue weighted by molar-refractivity contribution is 9.10. The van der Waals surface area contributed by atoms with Gasteiger partial charge in [-0.3, -0.25) is 0 Å². The summed E-state index contributed by atoms with van der Waals surface area (Å²) in [7, 11) is -3.01. The number of anilines is 1. The summed E-state index contributed by atoms with van der Waals surface area (Å²) in [6.45, 7) is 3.72. The third-order valence-electron chi connectivity index (χ3n) is 2.35. The molecule has 0 aliphatic rings. The molecule has 0 fully saturated rings. The van der Waals surface area contributed by atoms with Crippen LogP contribution < -0.4 is 5.32 Å². The lowest BCUT2D eigenvalue weighted by atomic mass is 10.3. The summed E-state index contributed by atoms with van der Waals surface area (Å²) < 4.78 is 24.1. The quantitative estimate of drug-likeness (QED) is 0.894. The van der Waals surface area contributed by atoms with E-state index in [2.05, 4.69) is 21.2 Å². The van der Waals surface area contributed by atoms with E-state index in [4.69, 9.17) is 11.6 Å². The molecular formula is C11H15BrClNO2S. The van der Waals surface area contributed by atoms with Gasteiger partial charge in [0, 0.05) is 11.0 Å². The molecule has 0 unspecified atom stereocenters. The van der Waals surface area contributed by atoms with Gasteiger partial charge in [-0.15, -0.1) is 0 Å². The summed E-state index contributed by atoms with van der Waals surface area (Å²) in [4.78, 5) is 0. The molecule has 3 nitrogen and oxygen atoms in total. The highest BCUT2D eigenvalue weighted by Gasteiger charge is 2.15. The first-order valence-electron chi connectivity index (χ1n) is 5.23. The molecule has 96 valence electrons. The predicted octanol–water partition coefficient (Wildman–Crippen LogP) is 3.34. The van der Waals surface area contributed by atoms with Crippen LogP contribution in [-0.4, -0.2) is 26.0 Å². The van der Waals surface area contributed by atoms with E-state index in [0.717, 1.165) is 10.2 Å². The van der Waals surface area contributed by atoms with E-state index < -0.39 is 9.84 Å². The molecule has 1 aromatic rings. The number of hydrogen-bond acceptors (Lipinski definition) is 3. The maximum Gasteiger partial charge on any atom is 0.154 e. The van der Waals surface area contributed by atoms with E-state index >= 15 is 0 Å². The summed E-state index contributed by atoms with van der Waals surface area (Å²) in [6, 6.07) is 5.41. The SMILES string of the molecule is CC(C)S(=O)(=O)CCNc1cc(Br)ccc1Cl. The van der Waals surface area contributed by atoms with Gasteiger partial charge < -0.3 is 5.32 Å². The van der Waals surface area contributed by atoms with Gasteiger partial charge in [0.2, 0.25) is 0 Å². The summed E-state index contributed by atoms with van der Waals surface area (Å²) in [6.07, 6.45) is 0. The molecule has 1 rings (SSSR count). The van der Waals surface area contributed by atoms with Gasteiger partial charge in [-0.05, 0) is 32.0 Å². The lowest BCUT2D eigenvalue weighted by Gasteiger charge is -2.11. The van der Waals surface area contributed by atoms with Crippen molar-refractivity contribution in [2.75, 3.05) is 17.6 Å². The minimum Gasteiger partial charge on any atom is -0.383 e. The Morgan fingerprint density at radius 3 is 2.65 bits per heavy atom. The smallest absolute Gasteiger partial charge is 0.154 e. The van der Waals surface area contributed by atoms with E-state index in [-0.39, 0.29) is 11.0 Å². The number of sulfone groups is 1. The molecule has 17 heavy (non-hydrogen) atoms. The fraction of sp³-hybridized carbons (Fsp3) is 0.455. The molecule has 0 atom stereocenters. The van der Waals surface area contributed by atoms with E-state index in [1.165, 1.54) is 0 Å². The zero-order chi connectivity index (χ0) is 13.1. The summed E-state index contributed by atoms with van der Waals surface area (Å²) in [5, 5.41) is 3.26. The Hall–Kier alpha value is -0.260. The number of hydrogen-bond donors (Lipinski definition) is 1. The Morgan fingerprint density at radius 2 is 2.06 bits per heavy atom. The van der Waals surface area contributed by atoms with Gasteiger partial charge in [0.25, 0.3) is 0 Å². The molecule has 0 radical (unpaired) electrons. The topological polar surface area (TPSA) is 46.2 Å². The molecule has 0 aliphatic carbocycles. The third-order valence-corrected chi connectivity index (χ3v) is 5.38. The van der Waals surface area contributed by atoms with E-state index in [1.54, 1.807) is 19.9 Å². The first kappa shape index (κ1) is 14.8. The molecule has 0 aliphatic heterocycles. The molecule has 0 spiro atoms. The first-order chi connectivity index (χ1) is 7.83. The molecule has 0 saturated carbocycles. The van der Waals surface area contributed by atoms with Gasteiger partial charge in [-0.25, -0.2) is 8.42 Å². The van der Waals surface area contributed by atoms with Gasteiger partial charge >= 0.3 is 0 Å². The maximum atomic E-state index is 11.6. The minimum atomic E-state index is -3.01. The van der Waals surface area contributed by atoms with E-state index in [0.29, 0.717) is 11.6 Å².